The predicted molar refractivity (Wildman–Crippen MR) is 75.1 cm³/mol. The Balaban J connectivity index is 2.21. The molecule has 0 amide bonds. The molecule has 1 aromatic heterocycles. The van der Waals surface area contributed by atoms with Gasteiger partial charge in [-0.3, -0.25) is 4.79 Å². The number of carboxylic acids is 1. The van der Waals surface area contributed by atoms with Gasteiger partial charge in [0.05, 0.1) is 6.33 Å². The highest BCUT2D eigenvalue weighted by molar-refractivity contribution is 14.1. The Labute approximate surface area is 120 Å². The van der Waals surface area contributed by atoms with Crippen molar-refractivity contribution >= 4 is 51.2 Å². The number of aliphatic carboxylic acids is 1. The van der Waals surface area contributed by atoms with Crippen molar-refractivity contribution in [3.05, 3.63) is 13.7 Å². The average Bonchev–Trinajstić information content (AvgIpc) is 2.74. The molecule has 1 heterocycles. The quantitative estimate of drug-likeness (QED) is 0.676. The fourth-order valence-corrected chi connectivity index (χ4v) is 3.12. The number of hydrogen-bond donors (Lipinski definition) is 2. The first-order chi connectivity index (χ1) is 7.44. The molecule has 1 aliphatic carbocycles. The summed E-state index contributed by atoms with van der Waals surface area (Å²) in [5.41, 5.74) is 4.78. The molecule has 0 bridgehead atoms. The first kappa shape index (κ1) is 12.6. The molecular formula is C9H11I2N3O2. The maximum absolute atomic E-state index is 11.0. The molecule has 0 saturated heterocycles. The standard InChI is InChI=1S/C9H11I2N3O2/c10-6-7(11)14(4-13-6)5-1-2-9(12,3-5)8(15)16/h4-5H,1-3,12H2,(H,15,16). The number of carboxylic acid groups (broad SMARTS) is 1. The van der Waals surface area contributed by atoms with E-state index in [9.17, 15) is 4.79 Å². The molecule has 1 aromatic rings. The average molecular weight is 447 g/mol. The molecule has 88 valence electrons. The van der Waals surface area contributed by atoms with E-state index in [-0.39, 0.29) is 6.04 Å². The Hall–Kier alpha value is 0.100. The van der Waals surface area contributed by atoms with Crippen molar-refractivity contribution in [3.8, 4) is 0 Å². The van der Waals surface area contributed by atoms with Gasteiger partial charge in [0.15, 0.2) is 0 Å². The zero-order valence-corrected chi connectivity index (χ0v) is 12.7. The minimum atomic E-state index is -1.07. The van der Waals surface area contributed by atoms with Gasteiger partial charge in [0, 0.05) is 6.04 Å². The molecule has 2 atom stereocenters. The zero-order valence-electron chi connectivity index (χ0n) is 8.36. The molecule has 0 radical (unpaired) electrons. The van der Waals surface area contributed by atoms with E-state index in [2.05, 4.69) is 50.2 Å². The second-order valence-corrected chi connectivity index (χ2v) is 6.13. The highest BCUT2D eigenvalue weighted by Gasteiger charge is 2.43. The molecule has 1 fully saturated rings. The number of imidazole rings is 1. The van der Waals surface area contributed by atoms with E-state index in [0.29, 0.717) is 12.8 Å². The Bertz CT molecular complexity index is 434. The molecule has 1 saturated carbocycles. The van der Waals surface area contributed by atoms with Crippen molar-refractivity contribution in [3.63, 3.8) is 0 Å². The van der Waals surface area contributed by atoms with Gasteiger partial charge in [0.1, 0.15) is 12.9 Å². The Morgan fingerprint density at radius 3 is 2.81 bits per heavy atom. The van der Waals surface area contributed by atoms with Crippen LogP contribution in [-0.4, -0.2) is 26.2 Å². The molecule has 7 heteroatoms. The summed E-state index contributed by atoms with van der Waals surface area (Å²) in [5, 5.41) is 9.06. The number of carbonyl (C=O) groups is 1. The van der Waals surface area contributed by atoms with Crippen LogP contribution in [0.1, 0.15) is 25.3 Å². The third-order valence-corrected chi connectivity index (χ3v) is 5.92. The van der Waals surface area contributed by atoms with Gasteiger partial charge >= 0.3 is 5.97 Å². The first-order valence-electron chi connectivity index (χ1n) is 4.84. The summed E-state index contributed by atoms with van der Waals surface area (Å²) in [6.45, 7) is 0. The molecular weight excluding hydrogens is 436 g/mol. The minimum Gasteiger partial charge on any atom is -0.480 e. The number of nitrogens with two attached hydrogens (primary N) is 1. The van der Waals surface area contributed by atoms with Crippen LogP contribution >= 0.6 is 45.2 Å². The fourth-order valence-electron chi connectivity index (χ4n) is 2.06. The van der Waals surface area contributed by atoms with E-state index in [0.717, 1.165) is 13.8 Å². The van der Waals surface area contributed by atoms with Gasteiger partial charge in [0.25, 0.3) is 0 Å². The van der Waals surface area contributed by atoms with E-state index < -0.39 is 11.5 Å². The Morgan fingerprint density at radius 1 is 1.69 bits per heavy atom. The van der Waals surface area contributed by atoms with Gasteiger partial charge in [-0.15, -0.1) is 0 Å². The Kier molecular flexibility index (Phi) is 3.46. The van der Waals surface area contributed by atoms with Crippen LogP contribution in [0, 0.1) is 7.40 Å². The lowest BCUT2D eigenvalue weighted by Gasteiger charge is -2.19. The highest BCUT2D eigenvalue weighted by Crippen LogP contribution is 2.37. The molecule has 0 spiro atoms. The number of aromatic nitrogens is 2. The molecule has 1 aliphatic rings. The van der Waals surface area contributed by atoms with Gasteiger partial charge in [0.2, 0.25) is 0 Å². The summed E-state index contributed by atoms with van der Waals surface area (Å²) in [5.74, 6) is -0.903. The lowest BCUT2D eigenvalue weighted by atomic mass is 9.99. The Morgan fingerprint density at radius 2 is 2.38 bits per heavy atom. The molecule has 16 heavy (non-hydrogen) atoms. The van der Waals surface area contributed by atoms with E-state index in [4.69, 9.17) is 10.8 Å². The summed E-state index contributed by atoms with van der Waals surface area (Å²) in [7, 11) is 0. The van der Waals surface area contributed by atoms with Gasteiger partial charge in [-0.25, -0.2) is 4.98 Å². The second-order valence-electron chi connectivity index (χ2n) is 4.09. The van der Waals surface area contributed by atoms with Gasteiger partial charge in [-0.2, -0.15) is 0 Å². The predicted octanol–water partition coefficient (Wildman–Crippen LogP) is 1.60. The third-order valence-electron chi connectivity index (χ3n) is 3.04. The second kappa shape index (κ2) is 4.41. The van der Waals surface area contributed by atoms with Gasteiger partial charge in [-0.1, -0.05) is 0 Å². The summed E-state index contributed by atoms with van der Waals surface area (Å²) >= 11 is 4.39. The summed E-state index contributed by atoms with van der Waals surface area (Å²) < 4.78 is 4.03. The van der Waals surface area contributed by atoms with Crippen LogP contribution in [0.3, 0.4) is 0 Å². The van der Waals surface area contributed by atoms with E-state index in [1.54, 1.807) is 6.33 Å². The molecule has 3 N–H and O–H groups in total. The SMILES string of the molecule is NC1(C(=O)O)CCC(n2cnc(I)c2I)C1. The summed E-state index contributed by atoms with van der Waals surface area (Å²) in [4.78, 5) is 15.2. The lowest BCUT2D eigenvalue weighted by Crippen LogP contribution is -2.45. The molecule has 0 aromatic carbocycles. The third kappa shape index (κ3) is 2.08. The van der Waals surface area contributed by atoms with Crippen molar-refractivity contribution in [2.75, 3.05) is 0 Å². The van der Waals surface area contributed by atoms with Crippen LogP contribution in [0.4, 0.5) is 0 Å². The number of rotatable bonds is 2. The van der Waals surface area contributed by atoms with Gasteiger partial charge < -0.3 is 15.4 Å². The van der Waals surface area contributed by atoms with Crippen molar-refractivity contribution in [2.24, 2.45) is 5.73 Å². The maximum Gasteiger partial charge on any atom is 0.323 e. The first-order valence-corrected chi connectivity index (χ1v) is 7.00. The fraction of sp³-hybridized carbons (Fsp3) is 0.556. The van der Waals surface area contributed by atoms with Crippen LogP contribution in [-0.2, 0) is 4.79 Å². The number of hydrogen-bond acceptors (Lipinski definition) is 3. The minimum absolute atomic E-state index is 0.156. The van der Waals surface area contributed by atoms with Crippen LogP contribution in [0.5, 0.6) is 0 Å². The number of halogens is 2. The highest BCUT2D eigenvalue weighted by atomic mass is 127. The normalized spacial score (nSPS) is 29.6. The van der Waals surface area contributed by atoms with Gasteiger partial charge in [-0.05, 0) is 64.4 Å². The van der Waals surface area contributed by atoms with Crippen LogP contribution in [0.25, 0.3) is 0 Å². The number of nitrogens with zero attached hydrogens (tertiary/aromatic N) is 2. The monoisotopic (exact) mass is 447 g/mol. The maximum atomic E-state index is 11.0. The lowest BCUT2D eigenvalue weighted by molar-refractivity contribution is -0.143. The van der Waals surface area contributed by atoms with Crippen molar-refractivity contribution in [1.82, 2.24) is 9.55 Å². The summed E-state index contributed by atoms with van der Waals surface area (Å²) in [6, 6.07) is 0.156. The van der Waals surface area contributed by atoms with E-state index in [1.165, 1.54) is 0 Å². The molecule has 2 unspecified atom stereocenters. The van der Waals surface area contributed by atoms with Crippen LogP contribution in [0.2, 0.25) is 0 Å². The molecule has 0 aliphatic heterocycles. The molecule has 2 rings (SSSR count). The van der Waals surface area contributed by atoms with Crippen LogP contribution in [0.15, 0.2) is 6.33 Å². The van der Waals surface area contributed by atoms with Crippen molar-refractivity contribution in [2.45, 2.75) is 30.8 Å². The smallest absolute Gasteiger partial charge is 0.323 e. The zero-order chi connectivity index (χ0) is 11.9. The molecule has 5 nitrogen and oxygen atoms in total. The van der Waals surface area contributed by atoms with Crippen LogP contribution < -0.4 is 5.73 Å². The van der Waals surface area contributed by atoms with Crippen molar-refractivity contribution in [1.29, 1.82) is 0 Å². The van der Waals surface area contributed by atoms with E-state index in [1.807, 2.05) is 4.57 Å². The topological polar surface area (TPSA) is 81.1 Å². The summed E-state index contributed by atoms with van der Waals surface area (Å²) in [6.07, 6.45) is 3.57. The largest absolute Gasteiger partial charge is 0.480 e. The van der Waals surface area contributed by atoms with E-state index >= 15 is 0 Å². The van der Waals surface area contributed by atoms with Crippen molar-refractivity contribution < 1.29 is 9.90 Å².